The fourth-order valence-corrected chi connectivity index (χ4v) is 1.93. The van der Waals surface area contributed by atoms with Gasteiger partial charge in [-0.25, -0.2) is 4.98 Å². The maximum atomic E-state index is 8.92. The van der Waals surface area contributed by atoms with E-state index < -0.39 is 0 Å². The second-order valence-electron chi connectivity index (χ2n) is 4.09. The van der Waals surface area contributed by atoms with Crippen molar-refractivity contribution in [2.45, 2.75) is 20.3 Å². The Bertz CT molecular complexity index is 520. The Morgan fingerprint density at radius 3 is 2.94 bits per heavy atom. The lowest BCUT2D eigenvalue weighted by molar-refractivity contribution is 0.297. The number of hydrogen-bond donors (Lipinski definition) is 2. The van der Waals surface area contributed by atoms with Gasteiger partial charge in [0.25, 0.3) is 0 Å². The highest BCUT2D eigenvalue weighted by Gasteiger charge is 2.09. The topological polar surface area (TPSA) is 58.1 Å². The SMILES string of the molecule is CCOc1cccc(-c2nc(CCO)[nH]c2C)c1. The van der Waals surface area contributed by atoms with Crippen LogP contribution in [0, 0.1) is 6.92 Å². The van der Waals surface area contributed by atoms with Gasteiger partial charge in [0.15, 0.2) is 0 Å². The minimum atomic E-state index is 0.103. The van der Waals surface area contributed by atoms with Crippen molar-refractivity contribution in [3.8, 4) is 17.0 Å². The lowest BCUT2D eigenvalue weighted by Gasteiger charge is -2.04. The van der Waals surface area contributed by atoms with Gasteiger partial charge >= 0.3 is 0 Å². The standard InChI is InChI=1S/C14H18N2O2/c1-3-18-12-6-4-5-11(9-12)14-10(2)15-13(16-14)7-8-17/h4-6,9,17H,3,7-8H2,1-2H3,(H,15,16). The summed E-state index contributed by atoms with van der Waals surface area (Å²) in [6.07, 6.45) is 0.548. The van der Waals surface area contributed by atoms with Gasteiger partial charge < -0.3 is 14.8 Å². The first kappa shape index (κ1) is 12.6. The Labute approximate surface area is 107 Å². The molecule has 1 aromatic carbocycles. The fourth-order valence-electron chi connectivity index (χ4n) is 1.93. The number of nitrogens with one attached hydrogen (secondary N) is 1. The van der Waals surface area contributed by atoms with Crippen LogP contribution < -0.4 is 4.74 Å². The molecular weight excluding hydrogens is 228 g/mol. The summed E-state index contributed by atoms with van der Waals surface area (Å²) in [4.78, 5) is 7.68. The minimum absolute atomic E-state index is 0.103. The molecule has 1 heterocycles. The van der Waals surface area contributed by atoms with Crippen LogP contribution in [0.25, 0.3) is 11.3 Å². The van der Waals surface area contributed by atoms with E-state index in [1.807, 2.05) is 38.1 Å². The second-order valence-corrected chi connectivity index (χ2v) is 4.09. The summed E-state index contributed by atoms with van der Waals surface area (Å²) in [6, 6.07) is 7.88. The van der Waals surface area contributed by atoms with Crippen LogP contribution in [0.1, 0.15) is 18.4 Å². The van der Waals surface area contributed by atoms with Crippen LogP contribution in [0.15, 0.2) is 24.3 Å². The number of rotatable bonds is 5. The van der Waals surface area contributed by atoms with Gasteiger partial charge in [-0.1, -0.05) is 12.1 Å². The van der Waals surface area contributed by atoms with E-state index in [4.69, 9.17) is 9.84 Å². The summed E-state index contributed by atoms with van der Waals surface area (Å²) in [5.74, 6) is 1.66. The summed E-state index contributed by atoms with van der Waals surface area (Å²) in [7, 11) is 0. The fraction of sp³-hybridized carbons (Fsp3) is 0.357. The highest BCUT2D eigenvalue weighted by Crippen LogP contribution is 2.25. The molecule has 0 fully saturated rings. The molecule has 2 aromatic rings. The molecule has 96 valence electrons. The quantitative estimate of drug-likeness (QED) is 0.851. The van der Waals surface area contributed by atoms with Gasteiger partial charge in [0.05, 0.1) is 18.9 Å². The van der Waals surface area contributed by atoms with E-state index in [-0.39, 0.29) is 6.61 Å². The first-order valence-electron chi connectivity index (χ1n) is 6.14. The summed E-state index contributed by atoms with van der Waals surface area (Å²) < 4.78 is 5.48. The molecular formula is C14H18N2O2. The number of aliphatic hydroxyl groups is 1. The van der Waals surface area contributed by atoms with Gasteiger partial charge in [-0.3, -0.25) is 0 Å². The second kappa shape index (κ2) is 5.69. The van der Waals surface area contributed by atoms with Crippen molar-refractivity contribution in [2.24, 2.45) is 0 Å². The molecule has 18 heavy (non-hydrogen) atoms. The zero-order valence-corrected chi connectivity index (χ0v) is 10.7. The van der Waals surface area contributed by atoms with Crippen LogP contribution in [0.4, 0.5) is 0 Å². The number of aliphatic hydroxyl groups excluding tert-OH is 1. The molecule has 0 saturated heterocycles. The molecule has 0 spiro atoms. The van der Waals surface area contributed by atoms with Gasteiger partial charge in [0.1, 0.15) is 11.6 Å². The number of nitrogens with zero attached hydrogens (tertiary/aromatic N) is 1. The third-order valence-corrected chi connectivity index (χ3v) is 2.70. The van der Waals surface area contributed by atoms with Crippen LogP contribution in [0.5, 0.6) is 5.75 Å². The van der Waals surface area contributed by atoms with E-state index in [9.17, 15) is 0 Å². The van der Waals surface area contributed by atoms with Crippen LogP contribution >= 0.6 is 0 Å². The highest BCUT2D eigenvalue weighted by atomic mass is 16.5. The van der Waals surface area contributed by atoms with E-state index in [0.29, 0.717) is 13.0 Å². The molecule has 0 atom stereocenters. The molecule has 0 radical (unpaired) electrons. The van der Waals surface area contributed by atoms with Crippen LogP contribution in [0.2, 0.25) is 0 Å². The monoisotopic (exact) mass is 246 g/mol. The lowest BCUT2D eigenvalue weighted by Crippen LogP contribution is -1.93. The van der Waals surface area contributed by atoms with E-state index >= 15 is 0 Å². The van der Waals surface area contributed by atoms with Gasteiger partial charge in [0, 0.05) is 17.7 Å². The Kier molecular flexibility index (Phi) is 3.99. The molecule has 0 aliphatic heterocycles. The number of imidazole rings is 1. The zero-order valence-electron chi connectivity index (χ0n) is 10.7. The molecule has 4 nitrogen and oxygen atoms in total. The van der Waals surface area contributed by atoms with Crippen molar-refractivity contribution in [1.29, 1.82) is 0 Å². The number of aromatic nitrogens is 2. The summed E-state index contributed by atoms with van der Waals surface area (Å²) in [5.41, 5.74) is 2.95. The number of aryl methyl sites for hydroxylation is 1. The molecule has 2 rings (SSSR count). The van der Waals surface area contributed by atoms with Crippen molar-refractivity contribution in [3.05, 3.63) is 35.8 Å². The van der Waals surface area contributed by atoms with E-state index in [2.05, 4.69) is 9.97 Å². The Morgan fingerprint density at radius 2 is 2.22 bits per heavy atom. The lowest BCUT2D eigenvalue weighted by atomic mass is 10.1. The van der Waals surface area contributed by atoms with Gasteiger partial charge in [0.2, 0.25) is 0 Å². The molecule has 0 aliphatic carbocycles. The molecule has 0 bridgehead atoms. The van der Waals surface area contributed by atoms with Gasteiger partial charge in [-0.05, 0) is 26.0 Å². The molecule has 0 aliphatic rings. The first-order valence-corrected chi connectivity index (χ1v) is 6.14. The van der Waals surface area contributed by atoms with Crippen LogP contribution in [-0.4, -0.2) is 28.3 Å². The normalized spacial score (nSPS) is 10.6. The average molecular weight is 246 g/mol. The van der Waals surface area contributed by atoms with Gasteiger partial charge in [-0.2, -0.15) is 0 Å². The maximum absolute atomic E-state index is 8.92. The first-order chi connectivity index (χ1) is 8.74. The molecule has 2 N–H and O–H groups in total. The predicted molar refractivity (Wildman–Crippen MR) is 70.7 cm³/mol. The molecule has 0 unspecified atom stereocenters. The molecule has 0 saturated carbocycles. The number of aromatic amines is 1. The molecule has 0 amide bonds. The minimum Gasteiger partial charge on any atom is -0.494 e. The smallest absolute Gasteiger partial charge is 0.119 e. The molecule has 4 heteroatoms. The largest absolute Gasteiger partial charge is 0.494 e. The van der Waals surface area contributed by atoms with Crippen molar-refractivity contribution in [1.82, 2.24) is 9.97 Å². The van der Waals surface area contributed by atoms with Crippen molar-refractivity contribution >= 4 is 0 Å². The molecule has 1 aromatic heterocycles. The predicted octanol–water partition coefficient (Wildman–Crippen LogP) is 2.32. The van der Waals surface area contributed by atoms with Crippen LogP contribution in [0.3, 0.4) is 0 Å². The van der Waals surface area contributed by atoms with E-state index in [0.717, 1.165) is 28.5 Å². The van der Waals surface area contributed by atoms with Crippen molar-refractivity contribution in [2.75, 3.05) is 13.2 Å². The zero-order chi connectivity index (χ0) is 13.0. The van der Waals surface area contributed by atoms with Crippen LogP contribution in [-0.2, 0) is 6.42 Å². The summed E-state index contributed by atoms with van der Waals surface area (Å²) >= 11 is 0. The van der Waals surface area contributed by atoms with E-state index in [1.54, 1.807) is 0 Å². The van der Waals surface area contributed by atoms with Gasteiger partial charge in [-0.15, -0.1) is 0 Å². The third-order valence-electron chi connectivity index (χ3n) is 2.70. The summed E-state index contributed by atoms with van der Waals surface area (Å²) in [6.45, 7) is 4.70. The van der Waals surface area contributed by atoms with E-state index in [1.165, 1.54) is 0 Å². The number of ether oxygens (including phenoxy) is 1. The van der Waals surface area contributed by atoms with Crippen molar-refractivity contribution < 1.29 is 9.84 Å². The summed E-state index contributed by atoms with van der Waals surface area (Å²) in [5, 5.41) is 8.92. The Morgan fingerprint density at radius 1 is 1.39 bits per heavy atom. The highest BCUT2D eigenvalue weighted by molar-refractivity contribution is 5.63. The number of benzene rings is 1. The number of H-pyrrole nitrogens is 1. The maximum Gasteiger partial charge on any atom is 0.119 e. The van der Waals surface area contributed by atoms with Crippen molar-refractivity contribution in [3.63, 3.8) is 0 Å². The third kappa shape index (κ3) is 2.71. The Balaban J connectivity index is 2.32. The average Bonchev–Trinajstić information content (AvgIpc) is 2.72. The Hall–Kier alpha value is -1.81. The number of hydrogen-bond acceptors (Lipinski definition) is 3.